The molecule has 1 atom stereocenters. The maximum Gasteiger partial charge on any atom is 0.254 e. The molecule has 2 aromatic heterocycles. The van der Waals surface area contributed by atoms with Crippen molar-refractivity contribution in [2.24, 2.45) is 5.92 Å². The van der Waals surface area contributed by atoms with Crippen LogP contribution in [0.1, 0.15) is 34.7 Å². The number of amides is 1. The van der Waals surface area contributed by atoms with Crippen molar-refractivity contribution >= 4 is 42.5 Å². The Morgan fingerprint density at radius 1 is 1.46 bits per heavy atom. The lowest BCUT2D eigenvalue weighted by Crippen LogP contribution is -2.27. The summed E-state index contributed by atoms with van der Waals surface area (Å²) in [6.07, 6.45) is 3.91. The fourth-order valence-electron chi connectivity index (χ4n) is 2.75. The molecule has 0 aliphatic carbocycles. The summed E-state index contributed by atoms with van der Waals surface area (Å²) in [5, 5.41) is 11.0. The van der Waals surface area contributed by atoms with Crippen molar-refractivity contribution in [2.75, 3.05) is 19.6 Å². The van der Waals surface area contributed by atoms with Crippen LogP contribution < -0.4 is 10.6 Å². The number of halogens is 2. The summed E-state index contributed by atoms with van der Waals surface area (Å²) in [5.41, 5.74) is 1.47. The van der Waals surface area contributed by atoms with Gasteiger partial charge >= 0.3 is 0 Å². The van der Waals surface area contributed by atoms with E-state index in [-0.39, 0.29) is 30.7 Å². The lowest BCUT2D eigenvalue weighted by molar-refractivity contribution is 0.0948. The van der Waals surface area contributed by atoms with Gasteiger partial charge in [-0.3, -0.25) is 4.79 Å². The van der Waals surface area contributed by atoms with E-state index in [1.807, 2.05) is 19.1 Å². The topological polar surface area (TPSA) is 80.0 Å². The third-order valence-electron chi connectivity index (χ3n) is 4.05. The molecule has 1 amide bonds. The van der Waals surface area contributed by atoms with Crippen LogP contribution in [0, 0.1) is 12.8 Å². The number of carbonyl (C=O) groups is 1. The van der Waals surface area contributed by atoms with Gasteiger partial charge in [-0.05, 0) is 50.9 Å². The van der Waals surface area contributed by atoms with Gasteiger partial charge in [0.05, 0.1) is 11.3 Å². The predicted molar refractivity (Wildman–Crippen MR) is 107 cm³/mol. The molecule has 3 heterocycles. The van der Waals surface area contributed by atoms with Crippen molar-refractivity contribution in [3.8, 4) is 0 Å². The summed E-state index contributed by atoms with van der Waals surface area (Å²) in [5.74, 6) is 2.02. The minimum absolute atomic E-state index is 0. The second kappa shape index (κ2) is 11.4. The smallest absolute Gasteiger partial charge is 0.254 e. The van der Waals surface area contributed by atoms with Crippen LogP contribution in [0.2, 0.25) is 0 Å². The summed E-state index contributed by atoms with van der Waals surface area (Å²) >= 11 is 1.50. The molecular weight excluding hydrogens is 395 g/mol. The van der Waals surface area contributed by atoms with E-state index in [0.29, 0.717) is 23.8 Å². The third kappa shape index (κ3) is 6.46. The van der Waals surface area contributed by atoms with Crippen molar-refractivity contribution in [3.05, 3.63) is 41.4 Å². The average molecular weight is 419 g/mol. The first-order valence-corrected chi connectivity index (χ1v) is 9.20. The Morgan fingerprint density at radius 3 is 3.00 bits per heavy atom. The molecule has 0 spiro atoms. The predicted octanol–water partition coefficient (Wildman–Crippen LogP) is 3.24. The van der Waals surface area contributed by atoms with Gasteiger partial charge in [0.1, 0.15) is 10.8 Å². The van der Waals surface area contributed by atoms with Crippen molar-refractivity contribution in [1.29, 1.82) is 0 Å². The molecule has 1 aliphatic heterocycles. The van der Waals surface area contributed by atoms with E-state index in [0.717, 1.165) is 36.0 Å². The number of hydrogen-bond donors (Lipinski definition) is 2. The van der Waals surface area contributed by atoms with Crippen molar-refractivity contribution in [3.63, 3.8) is 0 Å². The number of rotatable bonds is 7. The molecule has 1 saturated heterocycles. The van der Waals surface area contributed by atoms with Crippen LogP contribution in [0.3, 0.4) is 0 Å². The van der Waals surface area contributed by atoms with Crippen molar-refractivity contribution in [2.45, 2.75) is 30.5 Å². The molecule has 9 heteroatoms. The van der Waals surface area contributed by atoms with Gasteiger partial charge in [0, 0.05) is 24.6 Å². The van der Waals surface area contributed by atoms with E-state index in [9.17, 15) is 4.79 Å². The molecule has 0 saturated carbocycles. The van der Waals surface area contributed by atoms with Crippen LogP contribution in [0.25, 0.3) is 0 Å². The largest absolute Gasteiger partial charge is 0.361 e. The zero-order valence-electron chi connectivity index (χ0n) is 14.6. The number of pyridine rings is 1. The van der Waals surface area contributed by atoms with Gasteiger partial charge in [0.2, 0.25) is 0 Å². The minimum atomic E-state index is -0.0621. The molecule has 1 aliphatic rings. The normalized spacial score (nSPS) is 15.8. The summed E-state index contributed by atoms with van der Waals surface area (Å²) in [4.78, 5) is 16.8. The molecule has 0 aromatic carbocycles. The maximum absolute atomic E-state index is 12.4. The van der Waals surface area contributed by atoms with Crippen molar-refractivity contribution in [1.82, 2.24) is 20.8 Å². The molecule has 0 radical (unpaired) electrons. The van der Waals surface area contributed by atoms with Gasteiger partial charge < -0.3 is 15.2 Å². The fraction of sp³-hybridized carbons (Fsp3) is 0.471. The SMILES string of the molecule is Cc1cc(CSc2ncccc2C(=O)NCCC2CCNC2)no1.Cl.Cl. The summed E-state index contributed by atoms with van der Waals surface area (Å²) < 4.78 is 5.06. The highest BCUT2D eigenvalue weighted by atomic mass is 35.5. The lowest BCUT2D eigenvalue weighted by atomic mass is 10.1. The number of aromatic nitrogens is 2. The summed E-state index contributed by atoms with van der Waals surface area (Å²) in [7, 11) is 0. The van der Waals surface area contributed by atoms with Gasteiger partial charge in [0.25, 0.3) is 5.91 Å². The molecule has 1 fully saturated rings. The van der Waals surface area contributed by atoms with Gasteiger partial charge in [-0.1, -0.05) is 16.9 Å². The van der Waals surface area contributed by atoms with E-state index in [4.69, 9.17) is 4.52 Å². The molecule has 0 bridgehead atoms. The molecule has 26 heavy (non-hydrogen) atoms. The molecule has 6 nitrogen and oxygen atoms in total. The quantitative estimate of drug-likeness (QED) is 0.671. The number of aryl methyl sites for hydroxylation is 1. The molecule has 1 unspecified atom stereocenters. The minimum Gasteiger partial charge on any atom is -0.361 e. The standard InChI is InChI=1S/C17H22N4O2S.2ClH/c1-12-9-14(21-23-12)11-24-17-15(3-2-6-20-17)16(22)19-8-5-13-4-7-18-10-13;;/h2-3,6,9,13,18H,4-5,7-8,10-11H2,1H3,(H,19,22);2*1H. The number of carbonyl (C=O) groups excluding carboxylic acids is 1. The van der Waals surface area contributed by atoms with E-state index < -0.39 is 0 Å². The highest BCUT2D eigenvalue weighted by Gasteiger charge is 2.16. The molecule has 2 N–H and O–H groups in total. The van der Waals surface area contributed by atoms with Gasteiger partial charge in [0.15, 0.2) is 0 Å². The first kappa shape index (κ1) is 22.8. The second-order valence-electron chi connectivity index (χ2n) is 5.98. The van der Waals surface area contributed by atoms with Gasteiger partial charge in [-0.15, -0.1) is 24.8 Å². The Labute approximate surface area is 170 Å². The van der Waals surface area contributed by atoms with E-state index in [1.54, 1.807) is 12.3 Å². The Morgan fingerprint density at radius 2 is 2.31 bits per heavy atom. The fourth-order valence-corrected chi connectivity index (χ4v) is 3.63. The first-order valence-electron chi connectivity index (χ1n) is 8.21. The van der Waals surface area contributed by atoms with Crippen LogP contribution in [0.4, 0.5) is 0 Å². The van der Waals surface area contributed by atoms with Crippen LogP contribution in [0.15, 0.2) is 33.9 Å². The molecular formula is C17H24Cl2N4O2S. The zero-order chi connectivity index (χ0) is 16.8. The number of nitrogens with zero attached hydrogens (tertiary/aromatic N) is 2. The first-order chi connectivity index (χ1) is 11.7. The Bertz CT molecular complexity index is 693. The summed E-state index contributed by atoms with van der Waals surface area (Å²) in [6, 6.07) is 5.50. The van der Waals surface area contributed by atoms with Crippen LogP contribution in [0.5, 0.6) is 0 Å². The highest BCUT2D eigenvalue weighted by Crippen LogP contribution is 2.24. The van der Waals surface area contributed by atoms with Crippen molar-refractivity contribution < 1.29 is 9.32 Å². The second-order valence-corrected chi connectivity index (χ2v) is 6.94. The molecule has 3 rings (SSSR count). The van der Waals surface area contributed by atoms with Gasteiger partial charge in [-0.2, -0.15) is 0 Å². The Balaban J connectivity index is 0.00000169. The van der Waals surface area contributed by atoms with Gasteiger partial charge in [-0.25, -0.2) is 4.98 Å². The third-order valence-corrected chi connectivity index (χ3v) is 5.09. The van der Waals surface area contributed by atoms with E-state index in [2.05, 4.69) is 20.8 Å². The maximum atomic E-state index is 12.4. The number of nitrogens with one attached hydrogen (secondary N) is 2. The Hall–Kier alpha value is -1.28. The lowest BCUT2D eigenvalue weighted by Gasteiger charge is -2.11. The van der Waals surface area contributed by atoms with E-state index in [1.165, 1.54) is 18.2 Å². The van der Waals surface area contributed by atoms with Crippen LogP contribution in [-0.2, 0) is 5.75 Å². The molecule has 2 aromatic rings. The van der Waals surface area contributed by atoms with Crippen LogP contribution >= 0.6 is 36.6 Å². The molecule has 144 valence electrons. The van der Waals surface area contributed by atoms with E-state index >= 15 is 0 Å². The monoisotopic (exact) mass is 418 g/mol. The Kier molecular flexibility index (Phi) is 10.0. The number of hydrogen-bond acceptors (Lipinski definition) is 6. The average Bonchev–Trinajstić information content (AvgIpc) is 3.25. The zero-order valence-corrected chi connectivity index (χ0v) is 17.0. The highest BCUT2D eigenvalue weighted by molar-refractivity contribution is 7.98. The summed E-state index contributed by atoms with van der Waals surface area (Å²) in [6.45, 7) is 4.71. The van der Waals surface area contributed by atoms with Crippen LogP contribution in [-0.4, -0.2) is 35.7 Å². The number of thioether (sulfide) groups is 1.